The number of rotatable bonds is 4. The van der Waals surface area contributed by atoms with Crippen LogP contribution in [0.5, 0.6) is 11.5 Å². The number of nitrogens with zero attached hydrogens (tertiary/aromatic N) is 2. The van der Waals surface area contributed by atoms with Crippen molar-refractivity contribution in [1.82, 2.24) is 4.90 Å². The standard InChI is InChI=1S/C20H19N3O4/c1-20(18(24)25)10-11-23(13-20)19(26)22-15-6-8-16(9-7-15)27-17-5-3-2-4-14(17)12-21/h2-9H,10-11,13H2,1H3,(H,22,26)(H,24,25). The quantitative estimate of drug-likeness (QED) is 0.860. The molecule has 0 aromatic heterocycles. The summed E-state index contributed by atoms with van der Waals surface area (Å²) in [5.41, 5.74) is 0.110. The van der Waals surface area contributed by atoms with Crippen molar-refractivity contribution in [2.24, 2.45) is 5.41 Å². The van der Waals surface area contributed by atoms with Crippen molar-refractivity contribution in [2.45, 2.75) is 13.3 Å². The van der Waals surface area contributed by atoms with Crippen LogP contribution in [0.4, 0.5) is 10.5 Å². The van der Waals surface area contributed by atoms with Gasteiger partial charge < -0.3 is 20.1 Å². The first-order chi connectivity index (χ1) is 12.9. The SMILES string of the molecule is CC1(C(=O)O)CCN(C(=O)Nc2ccc(Oc3ccccc3C#N)cc2)C1. The van der Waals surface area contributed by atoms with E-state index < -0.39 is 11.4 Å². The molecule has 2 N–H and O–H groups in total. The van der Waals surface area contributed by atoms with Crippen molar-refractivity contribution < 1.29 is 19.4 Å². The molecule has 27 heavy (non-hydrogen) atoms. The number of nitrogens with one attached hydrogen (secondary N) is 1. The maximum atomic E-state index is 12.3. The Balaban J connectivity index is 1.62. The van der Waals surface area contributed by atoms with Crippen molar-refractivity contribution in [3.8, 4) is 17.6 Å². The van der Waals surface area contributed by atoms with E-state index in [-0.39, 0.29) is 12.6 Å². The van der Waals surface area contributed by atoms with Crippen LogP contribution in [0.1, 0.15) is 18.9 Å². The van der Waals surface area contributed by atoms with E-state index in [1.54, 1.807) is 55.5 Å². The lowest BCUT2D eigenvalue weighted by atomic mass is 9.90. The average molecular weight is 365 g/mol. The Kier molecular flexibility index (Phi) is 4.99. The van der Waals surface area contributed by atoms with Crippen LogP contribution < -0.4 is 10.1 Å². The molecule has 2 aromatic rings. The number of carbonyl (C=O) groups excluding carboxylic acids is 1. The molecule has 0 radical (unpaired) electrons. The molecule has 0 bridgehead atoms. The molecule has 0 saturated carbocycles. The van der Waals surface area contributed by atoms with Crippen LogP contribution in [0.2, 0.25) is 0 Å². The van der Waals surface area contributed by atoms with Crippen LogP contribution in [-0.4, -0.2) is 35.1 Å². The second-order valence-electron chi connectivity index (χ2n) is 6.70. The smallest absolute Gasteiger partial charge is 0.321 e. The number of urea groups is 1. The lowest BCUT2D eigenvalue weighted by Crippen LogP contribution is -2.37. The molecule has 3 rings (SSSR count). The second-order valence-corrected chi connectivity index (χ2v) is 6.70. The lowest BCUT2D eigenvalue weighted by Gasteiger charge is -2.20. The Labute approximate surface area is 156 Å². The zero-order valence-corrected chi connectivity index (χ0v) is 14.8. The largest absolute Gasteiger partial charge is 0.481 e. The Morgan fingerprint density at radius 2 is 1.93 bits per heavy atom. The van der Waals surface area contributed by atoms with Gasteiger partial charge in [-0.05, 0) is 49.7 Å². The number of hydrogen-bond acceptors (Lipinski definition) is 4. The van der Waals surface area contributed by atoms with Gasteiger partial charge in [-0.2, -0.15) is 5.26 Å². The maximum absolute atomic E-state index is 12.3. The highest BCUT2D eigenvalue weighted by atomic mass is 16.5. The number of anilines is 1. The van der Waals surface area contributed by atoms with E-state index in [0.29, 0.717) is 35.7 Å². The van der Waals surface area contributed by atoms with Crippen LogP contribution in [0.25, 0.3) is 0 Å². The van der Waals surface area contributed by atoms with E-state index in [1.807, 2.05) is 0 Å². The summed E-state index contributed by atoms with van der Waals surface area (Å²) in [4.78, 5) is 25.1. The number of likely N-dealkylation sites (tertiary alicyclic amines) is 1. The van der Waals surface area contributed by atoms with Crippen molar-refractivity contribution >= 4 is 17.7 Å². The molecule has 1 atom stereocenters. The van der Waals surface area contributed by atoms with Crippen LogP contribution >= 0.6 is 0 Å². The Bertz CT molecular complexity index is 904. The summed E-state index contributed by atoms with van der Waals surface area (Å²) in [5, 5.41) is 21.1. The van der Waals surface area contributed by atoms with Crippen molar-refractivity contribution in [3.05, 3.63) is 54.1 Å². The number of aliphatic carboxylic acids is 1. The average Bonchev–Trinajstić information content (AvgIpc) is 3.08. The molecule has 2 aromatic carbocycles. The highest BCUT2D eigenvalue weighted by Crippen LogP contribution is 2.31. The summed E-state index contributed by atoms with van der Waals surface area (Å²) in [5.74, 6) is 0.106. The number of carboxylic acid groups (broad SMARTS) is 1. The van der Waals surface area contributed by atoms with E-state index in [9.17, 15) is 14.7 Å². The summed E-state index contributed by atoms with van der Waals surface area (Å²) < 4.78 is 5.70. The second kappa shape index (κ2) is 7.38. The normalized spacial score (nSPS) is 18.6. The monoisotopic (exact) mass is 365 g/mol. The van der Waals surface area contributed by atoms with Gasteiger partial charge in [0.25, 0.3) is 0 Å². The minimum Gasteiger partial charge on any atom is -0.481 e. The van der Waals surface area contributed by atoms with E-state index in [0.717, 1.165) is 0 Å². The number of carboxylic acids is 1. The van der Waals surface area contributed by atoms with Gasteiger partial charge in [-0.15, -0.1) is 0 Å². The Morgan fingerprint density at radius 3 is 2.56 bits per heavy atom. The summed E-state index contributed by atoms with van der Waals surface area (Å²) in [6.45, 7) is 2.23. The van der Waals surface area contributed by atoms with Crippen LogP contribution in [0.3, 0.4) is 0 Å². The third-order valence-corrected chi connectivity index (χ3v) is 4.62. The van der Waals surface area contributed by atoms with Crippen LogP contribution in [0, 0.1) is 16.7 Å². The molecule has 1 saturated heterocycles. The third-order valence-electron chi connectivity index (χ3n) is 4.62. The summed E-state index contributed by atoms with van der Waals surface area (Å²) in [7, 11) is 0. The first-order valence-corrected chi connectivity index (χ1v) is 8.48. The number of para-hydroxylation sites is 1. The molecule has 0 spiro atoms. The minimum atomic E-state index is -0.900. The number of amides is 2. The van der Waals surface area contributed by atoms with E-state index in [2.05, 4.69) is 11.4 Å². The number of benzene rings is 2. The van der Waals surface area contributed by atoms with Crippen LogP contribution in [-0.2, 0) is 4.79 Å². The van der Waals surface area contributed by atoms with Gasteiger partial charge in [0, 0.05) is 18.8 Å². The molecular formula is C20H19N3O4. The van der Waals surface area contributed by atoms with Gasteiger partial charge in [-0.1, -0.05) is 12.1 Å². The third kappa shape index (κ3) is 4.01. The number of nitriles is 1. The molecule has 1 aliphatic heterocycles. The molecule has 1 fully saturated rings. The molecule has 2 amide bonds. The molecule has 7 nitrogen and oxygen atoms in total. The van der Waals surface area contributed by atoms with Crippen LogP contribution in [0.15, 0.2) is 48.5 Å². The van der Waals surface area contributed by atoms with Gasteiger partial charge in [0.2, 0.25) is 0 Å². The fraction of sp³-hybridized carbons (Fsp3) is 0.250. The van der Waals surface area contributed by atoms with E-state index >= 15 is 0 Å². The van der Waals surface area contributed by atoms with Gasteiger partial charge in [-0.25, -0.2) is 4.79 Å². The fourth-order valence-corrected chi connectivity index (χ4v) is 2.89. The Morgan fingerprint density at radius 1 is 1.22 bits per heavy atom. The van der Waals surface area contributed by atoms with Crippen molar-refractivity contribution in [1.29, 1.82) is 5.26 Å². The van der Waals surface area contributed by atoms with Gasteiger partial charge in [0.05, 0.1) is 11.0 Å². The molecular weight excluding hydrogens is 346 g/mol. The topological polar surface area (TPSA) is 103 Å². The first kappa shape index (κ1) is 18.3. The van der Waals surface area contributed by atoms with Gasteiger partial charge in [-0.3, -0.25) is 4.79 Å². The Hall–Kier alpha value is -3.53. The summed E-state index contributed by atoms with van der Waals surface area (Å²) >= 11 is 0. The first-order valence-electron chi connectivity index (χ1n) is 8.48. The summed E-state index contributed by atoms with van der Waals surface area (Å²) in [6, 6.07) is 15.4. The maximum Gasteiger partial charge on any atom is 0.321 e. The molecule has 1 heterocycles. The molecule has 138 valence electrons. The zero-order chi connectivity index (χ0) is 19.4. The highest BCUT2D eigenvalue weighted by Gasteiger charge is 2.42. The molecule has 0 aliphatic carbocycles. The fourth-order valence-electron chi connectivity index (χ4n) is 2.89. The number of carbonyl (C=O) groups is 2. The molecule has 1 aliphatic rings. The number of ether oxygens (including phenoxy) is 1. The van der Waals surface area contributed by atoms with E-state index in [4.69, 9.17) is 10.00 Å². The summed E-state index contributed by atoms with van der Waals surface area (Å²) in [6.07, 6.45) is 0.431. The van der Waals surface area contributed by atoms with Gasteiger partial charge in [0.15, 0.2) is 0 Å². The zero-order valence-electron chi connectivity index (χ0n) is 14.8. The minimum absolute atomic E-state index is 0.181. The highest BCUT2D eigenvalue weighted by molar-refractivity contribution is 5.90. The molecule has 1 unspecified atom stereocenters. The predicted molar refractivity (Wildman–Crippen MR) is 98.6 cm³/mol. The van der Waals surface area contributed by atoms with Crippen molar-refractivity contribution in [2.75, 3.05) is 18.4 Å². The van der Waals surface area contributed by atoms with Gasteiger partial charge in [0.1, 0.15) is 17.6 Å². The van der Waals surface area contributed by atoms with Crippen molar-refractivity contribution in [3.63, 3.8) is 0 Å². The number of hydrogen-bond donors (Lipinski definition) is 2. The van der Waals surface area contributed by atoms with Gasteiger partial charge >= 0.3 is 12.0 Å². The van der Waals surface area contributed by atoms with E-state index in [1.165, 1.54) is 4.90 Å². The lowest BCUT2D eigenvalue weighted by molar-refractivity contribution is -0.146. The predicted octanol–water partition coefficient (Wildman–Crippen LogP) is 3.68. The molecule has 7 heteroatoms.